The fourth-order valence-electron chi connectivity index (χ4n) is 2.12. The average Bonchev–Trinajstić information content (AvgIpc) is 2.13. The van der Waals surface area contributed by atoms with Gasteiger partial charge in [0.25, 0.3) is 0 Å². The van der Waals surface area contributed by atoms with Crippen LogP contribution < -0.4 is 10.6 Å². The molecule has 0 atom stereocenters. The molecule has 1 aliphatic carbocycles. The fraction of sp³-hybridized carbons (Fsp3) is 1.00. The van der Waals surface area contributed by atoms with Gasteiger partial charge in [-0.1, -0.05) is 0 Å². The number of hydrogen-bond donors (Lipinski definition) is 3. The highest BCUT2D eigenvalue weighted by molar-refractivity contribution is 4.90. The summed E-state index contributed by atoms with van der Waals surface area (Å²) < 4.78 is 0. The smallest absolute Gasteiger partial charge is 0.0771 e. The molecule has 0 aromatic rings. The zero-order valence-corrected chi connectivity index (χ0v) is 8.18. The molecule has 0 unspecified atom stereocenters. The Morgan fingerprint density at radius 1 is 1.31 bits per heavy atom. The predicted octanol–water partition coefficient (Wildman–Crippen LogP) is 0.243. The van der Waals surface area contributed by atoms with Gasteiger partial charge in [0.15, 0.2) is 0 Å². The van der Waals surface area contributed by atoms with Crippen LogP contribution in [0.1, 0.15) is 32.1 Å². The summed E-state index contributed by atoms with van der Waals surface area (Å²) in [6.07, 6.45) is 5.59. The summed E-state index contributed by atoms with van der Waals surface area (Å²) in [7, 11) is 0. The Balaban J connectivity index is 1.66. The molecule has 0 amide bonds. The van der Waals surface area contributed by atoms with E-state index in [0.717, 1.165) is 32.5 Å². The van der Waals surface area contributed by atoms with Gasteiger partial charge in [-0.3, -0.25) is 0 Å². The molecule has 2 fully saturated rings. The van der Waals surface area contributed by atoms with E-state index in [1.807, 2.05) is 0 Å². The van der Waals surface area contributed by atoms with E-state index in [9.17, 15) is 5.11 Å². The summed E-state index contributed by atoms with van der Waals surface area (Å²) in [6, 6.07) is 0.630. The number of aliphatic hydroxyl groups is 1. The van der Waals surface area contributed by atoms with Gasteiger partial charge in [0.2, 0.25) is 0 Å². The molecule has 0 aromatic heterocycles. The van der Waals surface area contributed by atoms with Gasteiger partial charge >= 0.3 is 0 Å². The minimum absolute atomic E-state index is 0.356. The van der Waals surface area contributed by atoms with Crippen LogP contribution in [-0.2, 0) is 0 Å². The second kappa shape index (κ2) is 3.95. The Bertz CT molecular complexity index is 162. The van der Waals surface area contributed by atoms with Crippen molar-refractivity contribution >= 4 is 0 Å². The third-order valence-electron chi connectivity index (χ3n) is 3.34. The van der Waals surface area contributed by atoms with E-state index in [1.165, 1.54) is 19.3 Å². The first-order chi connectivity index (χ1) is 6.29. The minimum atomic E-state index is -0.356. The Hall–Kier alpha value is -0.120. The monoisotopic (exact) mass is 184 g/mol. The Morgan fingerprint density at radius 3 is 2.54 bits per heavy atom. The van der Waals surface area contributed by atoms with E-state index in [2.05, 4.69) is 10.6 Å². The summed E-state index contributed by atoms with van der Waals surface area (Å²) in [4.78, 5) is 0. The van der Waals surface area contributed by atoms with Gasteiger partial charge in [-0.05, 0) is 45.2 Å². The van der Waals surface area contributed by atoms with Crippen molar-refractivity contribution in [2.45, 2.75) is 43.7 Å². The summed E-state index contributed by atoms with van der Waals surface area (Å²) in [5.41, 5.74) is -0.356. The molecule has 0 bridgehead atoms. The van der Waals surface area contributed by atoms with Crippen molar-refractivity contribution in [1.29, 1.82) is 0 Å². The average molecular weight is 184 g/mol. The van der Waals surface area contributed by atoms with Crippen LogP contribution in [0.4, 0.5) is 0 Å². The molecular weight excluding hydrogens is 164 g/mol. The third-order valence-corrected chi connectivity index (χ3v) is 3.34. The number of piperidine rings is 1. The second-order valence-electron chi connectivity index (χ2n) is 4.48. The molecule has 13 heavy (non-hydrogen) atoms. The minimum Gasteiger partial charge on any atom is -0.389 e. The quantitative estimate of drug-likeness (QED) is 0.589. The van der Waals surface area contributed by atoms with Gasteiger partial charge in [-0.2, -0.15) is 0 Å². The maximum absolute atomic E-state index is 9.86. The van der Waals surface area contributed by atoms with Gasteiger partial charge in [-0.15, -0.1) is 0 Å². The predicted molar refractivity (Wildman–Crippen MR) is 52.7 cm³/mol. The zero-order valence-electron chi connectivity index (χ0n) is 8.18. The fourth-order valence-corrected chi connectivity index (χ4v) is 2.12. The molecule has 0 aromatic carbocycles. The molecule has 0 radical (unpaired) electrons. The van der Waals surface area contributed by atoms with Crippen LogP contribution in [0.3, 0.4) is 0 Å². The molecule has 2 aliphatic rings. The van der Waals surface area contributed by atoms with Crippen molar-refractivity contribution in [2.24, 2.45) is 0 Å². The molecule has 1 saturated carbocycles. The third kappa shape index (κ3) is 2.42. The Kier molecular flexibility index (Phi) is 2.86. The molecule has 1 aliphatic heterocycles. The topological polar surface area (TPSA) is 44.3 Å². The van der Waals surface area contributed by atoms with Gasteiger partial charge in [0, 0.05) is 12.6 Å². The van der Waals surface area contributed by atoms with Crippen LogP contribution in [0, 0.1) is 0 Å². The lowest BCUT2D eigenvalue weighted by molar-refractivity contribution is -0.0337. The molecule has 3 heteroatoms. The molecule has 1 saturated heterocycles. The van der Waals surface area contributed by atoms with E-state index in [4.69, 9.17) is 0 Å². The first-order valence-corrected chi connectivity index (χ1v) is 5.45. The second-order valence-corrected chi connectivity index (χ2v) is 4.48. The van der Waals surface area contributed by atoms with Crippen LogP contribution in [0.5, 0.6) is 0 Å². The maximum Gasteiger partial charge on any atom is 0.0771 e. The molecular formula is C10H20N2O. The van der Waals surface area contributed by atoms with Gasteiger partial charge in [0.1, 0.15) is 0 Å². The van der Waals surface area contributed by atoms with Crippen molar-refractivity contribution < 1.29 is 5.11 Å². The van der Waals surface area contributed by atoms with Crippen LogP contribution in [-0.4, -0.2) is 36.4 Å². The van der Waals surface area contributed by atoms with Crippen molar-refractivity contribution in [1.82, 2.24) is 10.6 Å². The van der Waals surface area contributed by atoms with Crippen molar-refractivity contribution in [3.63, 3.8) is 0 Å². The van der Waals surface area contributed by atoms with E-state index < -0.39 is 0 Å². The summed E-state index contributed by atoms with van der Waals surface area (Å²) >= 11 is 0. The maximum atomic E-state index is 9.86. The van der Waals surface area contributed by atoms with E-state index >= 15 is 0 Å². The lowest BCUT2D eigenvalue weighted by Gasteiger charge is -2.38. The van der Waals surface area contributed by atoms with Crippen LogP contribution in [0.2, 0.25) is 0 Å². The van der Waals surface area contributed by atoms with Gasteiger partial charge < -0.3 is 15.7 Å². The lowest BCUT2D eigenvalue weighted by atomic mass is 9.80. The highest BCUT2D eigenvalue weighted by atomic mass is 16.3. The first kappa shape index (κ1) is 9.44. The van der Waals surface area contributed by atoms with Crippen LogP contribution in [0.25, 0.3) is 0 Å². The number of nitrogens with one attached hydrogen (secondary N) is 2. The standard InChI is InChI=1S/C10H20N2O/c13-10(4-1-5-10)8-12-9-2-6-11-7-3-9/h9,11-13H,1-8H2. The molecule has 0 spiro atoms. The van der Waals surface area contributed by atoms with Crippen molar-refractivity contribution in [2.75, 3.05) is 19.6 Å². The van der Waals surface area contributed by atoms with E-state index in [1.54, 1.807) is 0 Å². The highest BCUT2D eigenvalue weighted by Gasteiger charge is 2.34. The SMILES string of the molecule is OC1(CNC2CCNCC2)CCC1. The Labute approximate surface area is 79.9 Å². The largest absolute Gasteiger partial charge is 0.389 e. The van der Waals surface area contributed by atoms with E-state index in [0.29, 0.717) is 6.04 Å². The molecule has 1 heterocycles. The van der Waals surface area contributed by atoms with Gasteiger partial charge in [-0.25, -0.2) is 0 Å². The molecule has 2 rings (SSSR count). The summed E-state index contributed by atoms with van der Waals surface area (Å²) in [5.74, 6) is 0. The van der Waals surface area contributed by atoms with Crippen molar-refractivity contribution in [3.05, 3.63) is 0 Å². The van der Waals surface area contributed by atoms with Crippen LogP contribution in [0.15, 0.2) is 0 Å². The lowest BCUT2D eigenvalue weighted by Crippen LogP contribution is -2.50. The molecule has 76 valence electrons. The van der Waals surface area contributed by atoms with Crippen molar-refractivity contribution in [3.8, 4) is 0 Å². The number of rotatable bonds is 3. The summed E-state index contributed by atoms with van der Waals surface area (Å²) in [5, 5.41) is 16.7. The zero-order chi connectivity index (χ0) is 9.15. The first-order valence-electron chi connectivity index (χ1n) is 5.45. The highest BCUT2D eigenvalue weighted by Crippen LogP contribution is 2.30. The van der Waals surface area contributed by atoms with Crippen LogP contribution >= 0.6 is 0 Å². The van der Waals surface area contributed by atoms with Gasteiger partial charge in [0.05, 0.1) is 5.60 Å². The molecule has 3 nitrogen and oxygen atoms in total. The summed E-state index contributed by atoms with van der Waals surface area (Å²) in [6.45, 7) is 3.05. The molecule has 3 N–H and O–H groups in total. The Morgan fingerprint density at radius 2 is 2.00 bits per heavy atom. The van der Waals surface area contributed by atoms with E-state index in [-0.39, 0.29) is 5.60 Å². The number of hydrogen-bond acceptors (Lipinski definition) is 3. The normalized spacial score (nSPS) is 28.4.